The van der Waals surface area contributed by atoms with Gasteiger partial charge in [0.2, 0.25) is 5.67 Å². The summed E-state index contributed by atoms with van der Waals surface area (Å²) in [5.74, 6) is -2.26. The van der Waals surface area contributed by atoms with Crippen molar-refractivity contribution in [2.75, 3.05) is 6.54 Å². The molecule has 1 saturated carbocycles. The first kappa shape index (κ1) is 29.5. The Kier molecular flexibility index (Phi) is 7.48. The van der Waals surface area contributed by atoms with Gasteiger partial charge in [0.25, 0.3) is 5.91 Å². The van der Waals surface area contributed by atoms with Gasteiger partial charge in [0, 0.05) is 18.0 Å². The van der Waals surface area contributed by atoms with Crippen LogP contribution >= 0.6 is 0 Å². The highest BCUT2D eigenvalue weighted by atomic mass is 19.4. The number of likely N-dealkylation sites (tertiary alicyclic amines) is 1. The normalized spacial score (nSPS) is 29.4. The average molecular weight is 578 g/mol. The molecule has 1 amide bonds. The van der Waals surface area contributed by atoms with Crippen molar-refractivity contribution in [2.45, 2.75) is 101 Å². The van der Waals surface area contributed by atoms with Crippen LogP contribution in [0.25, 0.3) is 0 Å². The number of hydrogen-bond acceptors (Lipinski definition) is 2. The van der Waals surface area contributed by atoms with E-state index < -0.39 is 46.3 Å². The summed E-state index contributed by atoms with van der Waals surface area (Å²) >= 11 is 0. The van der Waals surface area contributed by atoms with Crippen LogP contribution in [0.15, 0.2) is 42.5 Å². The number of fused-ring (bicyclic) bond motifs is 3. The molecule has 0 spiro atoms. The van der Waals surface area contributed by atoms with Gasteiger partial charge in [0.1, 0.15) is 0 Å². The number of halogens is 5. The second-order valence-corrected chi connectivity index (χ2v) is 12.3. The van der Waals surface area contributed by atoms with E-state index in [9.17, 15) is 32.3 Å². The molecule has 2 fully saturated rings. The Hall–Kier alpha value is -2.97. The van der Waals surface area contributed by atoms with Crippen LogP contribution in [0.4, 0.5) is 22.0 Å². The third-order valence-electron chi connectivity index (χ3n) is 9.94. The summed E-state index contributed by atoms with van der Waals surface area (Å²) in [5, 5.41) is 9.32. The molecule has 41 heavy (non-hydrogen) atoms. The first-order chi connectivity index (χ1) is 19.2. The highest BCUT2D eigenvalue weighted by molar-refractivity contribution is 5.86. The van der Waals surface area contributed by atoms with E-state index in [4.69, 9.17) is 0 Å². The van der Waals surface area contributed by atoms with Gasteiger partial charge in [0.15, 0.2) is 5.67 Å². The van der Waals surface area contributed by atoms with Crippen LogP contribution in [0.3, 0.4) is 0 Å². The van der Waals surface area contributed by atoms with Crippen molar-refractivity contribution < 1.29 is 36.6 Å². The smallest absolute Gasteiger partial charge is 0.426 e. The lowest BCUT2D eigenvalue weighted by molar-refractivity contribution is -0.228. The summed E-state index contributed by atoms with van der Waals surface area (Å²) in [6.45, 7) is 2.87. The summed E-state index contributed by atoms with van der Waals surface area (Å²) in [5.41, 5.74) is -3.20. The van der Waals surface area contributed by atoms with Crippen LogP contribution in [0.1, 0.15) is 80.2 Å². The third-order valence-corrected chi connectivity index (χ3v) is 9.94. The largest absolute Gasteiger partial charge is 0.481 e. The summed E-state index contributed by atoms with van der Waals surface area (Å²) in [7, 11) is 0. The molecule has 1 N–H and O–H groups in total. The maximum absolute atomic E-state index is 16.1. The van der Waals surface area contributed by atoms with Crippen LogP contribution < -0.4 is 0 Å². The molecule has 5 rings (SSSR count). The van der Waals surface area contributed by atoms with Crippen molar-refractivity contribution in [2.24, 2.45) is 5.92 Å². The van der Waals surface area contributed by atoms with Gasteiger partial charge in [0.05, 0.1) is 5.92 Å². The number of hydrogen-bond donors (Lipinski definition) is 1. The fourth-order valence-electron chi connectivity index (χ4n) is 7.32. The minimum atomic E-state index is -5.07. The van der Waals surface area contributed by atoms with Gasteiger partial charge < -0.3 is 10.0 Å². The van der Waals surface area contributed by atoms with E-state index in [0.717, 1.165) is 23.1 Å². The number of carbonyl (C=O) groups is 2. The van der Waals surface area contributed by atoms with E-state index in [1.54, 1.807) is 11.0 Å². The van der Waals surface area contributed by atoms with Crippen LogP contribution in [0.5, 0.6) is 0 Å². The van der Waals surface area contributed by atoms with Crippen molar-refractivity contribution in [1.82, 2.24) is 4.90 Å². The molecule has 0 bridgehead atoms. The molecule has 3 atom stereocenters. The van der Waals surface area contributed by atoms with Crippen molar-refractivity contribution in [3.63, 3.8) is 0 Å². The average Bonchev–Trinajstić information content (AvgIpc) is 3.31. The Bertz CT molecular complexity index is 1310. The number of benzene rings is 2. The van der Waals surface area contributed by atoms with E-state index in [-0.39, 0.29) is 38.3 Å². The highest BCUT2D eigenvalue weighted by Gasteiger charge is 2.57. The summed E-state index contributed by atoms with van der Waals surface area (Å²) in [4.78, 5) is 26.8. The predicted molar refractivity (Wildman–Crippen MR) is 144 cm³/mol. The zero-order valence-electron chi connectivity index (χ0n) is 23.4. The summed E-state index contributed by atoms with van der Waals surface area (Å²) in [6, 6.07) is 11.8. The SMILES string of the molecule is CCc1ccc(CC23CCN(C(=O)C4(F)CCC(C(=O)O)CC4)C2CCc2cc(C(C)(F)C(F)(F)F)ccc23)cc1. The predicted octanol–water partition coefficient (Wildman–Crippen LogP) is 7.01. The van der Waals surface area contributed by atoms with Gasteiger partial charge in [-0.25, -0.2) is 8.78 Å². The number of amides is 1. The molecule has 1 aliphatic heterocycles. The molecule has 222 valence electrons. The van der Waals surface area contributed by atoms with Crippen molar-refractivity contribution in [1.29, 1.82) is 0 Å². The molecular formula is C32H36F5NO3. The second kappa shape index (κ2) is 10.4. The zero-order chi connectivity index (χ0) is 29.8. The number of rotatable bonds is 6. The van der Waals surface area contributed by atoms with Gasteiger partial charge in [-0.15, -0.1) is 0 Å². The Labute approximate surface area is 236 Å². The highest BCUT2D eigenvalue weighted by Crippen LogP contribution is 2.52. The first-order valence-corrected chi connectivity index (χ1v) is 14.4. The molecule has 2 aliphatic carbocycles. The number of nitrogens with zero attached hydrogens (tertiary/aromatic N) is 1. The van der Waals surface area contributed by atoms with Gasteiger partial charge in [-0.3, -0.25) is 9.59 Å². The van der Waals surface area contributed by atoms with Gasteiger partial charge in [-0.2, -0.15) is 13.2 Å². The summed E-state index contributed by atoms with van der Waals surface area (Å²) in [6.07, 6.45) is -2.56. The molecule has 1 heterocycles. The lowest BCUT2D eigenvalue weighted by Gasteiger charge is -2.45. The lowest BCUT2D eigenvalue weighted by Crippen LogP contribution is -2.55. The fourth-order valence-corrected chi connectivity index (χ4v) is 7.32. The van der Waals surface area contributed by atoms with Crippen LogP contribution in [0.2, 0.25) is 0 Å². The maximum atomic E-state index is 16.1. The Morgan fingerprint density at radius 3 is 2.20 bits per heavy atom. The molecule has 3 aliphatic rings. The monoisotopic (exact) mass is 577 g/mol. The van der Waals surface area contributed by atoms with Crippen molar-refractivity contribution in [3.8, 4) is 0 Å². The standard InChI is InChI=1S/C32H36F5NO3/c1-3-20-4-6-21(7-5-20)19-30-16-17-38(28(41)31(34)14-12-22(13-15-31)27(39)40)26(30)11-8-23-18-24(9-10-25(23)30)29(2,33)32(35,36)37/h4-7,9-10,18,22,26H,3,8,11-17,19H2,1-2H3,(H,39,40). The van der Waals surface area contributed by atoms with Gasteiger partial charge >= 0.3 is 12.1 Å². The number of carboxylic acids is 1. The number of aliphatic carboxylic acids is 1. The lowest BCUT2D eigenvalue weighted by atomic mass is 9.63. The molecule has 9 heteroatoms. The van der Waals surface area contributed by atoms with Gasteiger partial charge in [-0.05, 0) is 92.5 Å². The molecule has 0 aromatic heterocycles. The van der Waals surface area contributed by atoms with Crippen molar-refractivity contribution >= 4 is 11.9 Å². The topological polar surface area (TPSA) is 57.6 Å². The molecule has 3 unspecified atom stereocenters. The first-order valence-electron chi connectivity index (χ1n) is 14.4. The van der Waals surface area contributed by atoms with E-state index in [1.807, 2.05) is 24.3 Å². The Morgan fingerprint density at radius 2 is 1.61 bits per heavy atom. The van der Waals surface area contributed by atoms with Crippen LogP contribution in [-0.4, -0.2) is 46.3 Å². The molecule has 2 aromatic rings. The quantitative estimate of drug-likeness (QED) is 0.376. The minimum Gasteiger partial charge on any atom is -0.481 e. The van der Waals surface area contributed by atoms with E-state index in [0.29, 0.717) is 38.2 Å². The second-order valence-electron chi connectivity index (χ2n) is 12.3. The van der Waals surface area contributed by atoms with E-state index in [1.165, 1.54) is 12.1 Å². The van der Waals surface area contributed by atoms with Gasteiger partial charge in [-0.1, -0.05) is 49.4 Å². The number of alkyl halides is 5. The molecule has 0 radical (unpaired) electrons. The Morgan fingerprint density at radius 1 is 0.976 bits per heavy atom. The van der Waals surface area contributed by atoms with Crippen LogP contribution in [-0.2, 0) is 39.9 Å². The minimum absolute atomic E-state index is 0.0951. The van der Waals surface area contributed by atoms with Crippen molar-refractivity contribution in [3.05, 3.63) is 70.3 Å². The maximum Gasteiger partial charge on any atom is 0.426 e. The molecule has 2 aromatic carbocycles. The van der Waals surface area contributed by atoms with E-state index >= 15 is 4.39 Å². The molecule has 1 saturated heterocycles. The van der Waals surface area contributed by atoms with E-state index in [2.05, 4.69) is 6.92 Å². The fraction of sp³-hybridized carbons (Fsp3) is 0.562. The number of carbonyl (C=O) groups excluding carboxylic acids is 1. The summed E-state index contributed by atoms with van der Waals surface area (Å²) < 4.78 is 71.6. The third kappa shape index (κ3) is 5.03. The number of aryl methyl sites for hydroxylation is 2. The molecular weight excluding hydrogens is 541 g/mol. The van der Waals surface area contributed by atoms with Crippen LogP contribution in [0, 0.1) is 5.92 Å². The Balaban J connectivity index is 1.52. The molecule has 4 nitrogen and oxygen atoms in total. The number of carboxylic acid groups (broad SMARTS) is 1. The zero-order valence-corrected chi connectivity index (χ0v) is 23.4.